The number of nitrogens with one attached hydrogen (secondary N) is 1. The van der Waals surface area contributed by atoms with Gasteiger partial charge in [-0.15, -0.1) is 0 Å². The smallest absolute Gasteiger partial charge is 0.236 e. The largest absolute Gasteiger partial charge is 0.341 e. The quantitative estimate of drug-likeness (QED) is 0.474. The third kappa shape index (κ3) is 1.21. The van der Waals surface area contributed by atoms with Crippen LogP contribution in [0.5, 0.6) is 0 Å². The van der Waals surface area contributed by atoms with E-state index in [4.69, 9.17) is 0 Å². The van der Waals surface area contributed by atoms with E-state index in [0.717, 1.165) is 6.54 Å². The van der Waals surface area contributed by atoms with Crippen molar-refractivity contribution in [1.29, 1.82) is 0 Å². The molecule has 0 aromatic carbocycles. The Bertz CT molecular complexity index is 124. The molecular weight excluding hydrogens is 116 g/mol. The first-order valence-corrected chi connectivity index (χ1v) is 3.18. The van der Waals surface area contributed by atoms with Gasteiger partial charge < -0.3 is 10.2 Å². The summed E-state index contributed by atoms with van der Waals surface area (Å²) in [6.07, 6.45) is 0. The van der Waals surface area contributed by atoms with Crippen LogP contribution in [0.2, 0.25) is 0 Å². The van der Waals surface area contributed by atoms with Gasteiger partial charge in [0, 0.05) is 19.6 Å². The van der Waals surface area contributed by atoms with E-state index in [1.54, 1.807) is 4.90 Å². The Morgan fingerprint density at radius 2 is 2.44 bits per heavy atom. The zero-order valence-electron chi connectivity index (χ0n) is 5.85. The number of amides is 1. The van der Waals surface area contributed by atoms with Gasteiger partial charge in [-0.3, -0.25) is 4.79 Å². The number of hydrogen-bond donors (Lipinski definition) is 1. The molecule has 1 amide bonds. The fourth-order valence-corrected chi connectivity index (χ4v) is 0.895. The minimum absolute atomic E-state index is 0.189. The summed E-state index contributed by atoms with van der Waals surface area (Å²) in [5.41, 5.74) is 0. The van der Waals surface area contributed by atoms with Gasteiger partial charge >= 0.3 is 0 Å². The van der Waals surface area contributed by atoms with E-state index < -0.39 is 0 Å². The van der Waals surface area contributed by atoms with Crippen molar-refractivity contribution in [2.75, 3.05) is 20.1 Å². The molecule has 52 valence electrons. The molecule has 1 saturated heterocycles. The summed E-state index contributed by atoms with van der Waals surface area (Å²) in [4.78, 5) is 12.6. The van der Waals surface area contributed by atoms with Gasteiger partial charge in [-0.25, -0.2) is 0 Å². The molecule has 1 fully saturated rings. The predicted octanol–water partition coefficient (Wildman–Crippen LogP) is -0.563. The zero-order chi connectivity index (χ0) is 6.85. The van der Waals surface area contributed by atoms with Gasteiger partial charge in [-0.1, -0.05) is 0 Å². The van der Waals surface area contributed by atoms with Gasteiger partial charge in [0.25, 0.3) is 0 Å². The minimum Gasteiger partial charge on any atom is -0.341 e. The van der Waals surface area contributed by atoms with E-state index in [9.17, 15) is 4.79 Å². The highest BCUT2D eigenvalue weighted by atomic mass is 16.2. The average molecular weight is 128 g/mol. The zero-order valence-corrected chi connectivity index (χ0v) is 5.85. The van der Waals surface area contributed by atoms with E-state index in [1.807, 2.05) is 14.0 Å². The van der Waals surface area contributed by atoms with Crippen LogP contribution in [-0.4, -0.2) is 37.0 Å². The van der Waals surface area contributed by atoms with Gasteiger partial charge in [-0.05, 0) is 6.92 Å². The van der Waals surface area contributed by atoms with Gasteiger partial charge in [0.15, 0.2) is 0 Å². The molecule has 9 heavy (non-hydrogen) atoms. The molecule has 0 spiro atoms. The van der Waals surface area contributed by atoms with E-state index in [0.29, 0.717) is 12.6 Å². The molecule has 0 radical (unpaired) electrons. The third-order valence-electron chi connectivity index (χ3n) is 1.77. The van der Waals surface area contributed by atoms with Crippen molar-refractivity contribution in [3.63, 3.8) is 0 Å². The van der Waals surface area contributed by atoms with Crippen LogP contribution in [0, 0.1) is 0 Å². The van der Waals surface area contributed by atoms with Crippen molar-refractivity contribution in [2.24, 2.45) is 0 Å². The summed E-state index contributed by atoms with van der Waals surface area (Å²) in [7, 11) is 1.84. The summed E-state index contributed by atoms with van der Waals surface area (Å²) >= 11 is 0. The fraction of sp³-hybridized carbons (Fsp3) is 0.833. The van der Waals surface area contributed by atoms with Crippen LogP contribution in [0.25, 0.3) is 0 Å². The van der Waals surface area contributed by atoms with Gasteiger partial charge in [0.2, 0.25) is 5.91 Å². The second-order valence-corrected chi connectivity index (χ2v) is 2.48. The maximum atomic E-state index is 10.9. The molecule has 1 rings (SSSR count). The molecule has 3 nitrogen and oxygen atoms in total. The maximum absolute atomic E-state index is 10.9. The van der Waals surface area contributed by atoms with Gasteiger partial charge in [0.1, 0.15) is 0 Å². The lowest BCUT2D eigenvalue weighted by molar-refractivity contribution is -0.132. The van der Waals surface area contributed by atoms with E-state index in [-0.39, 0.29) is 5.91 Å². The Hall–Kier alpha value is -0.570. The molecule has 1 heterocycles. The van der Waals surface area contributed by atoms with Crippen LogP contribution >= 0.6 is 0 Å². The van der Waals surface area contributed by atoms with Crippen molar-refractivity contribution in [3.05, 3.63) is 0 Å². The summed E-state index contributed by atoms with van der Waals surface area (Å²) in [5.74, 6) is 0.189. The standard InChI is InChI=1S/C6H12N2O/c1-5-3-7-4-6(9)8(5)2/h5,7H,3-4H2,1-2H3/t5-/m0/s1. The first-order chi connectivity index (χ1) is 4.22. The Morgan fingerprint density at radius 3 is 2.89 bits per heavy atom. The van der Waals surface area contributed by atoms with Crippen LogP contribution in [0.1, 0.15) is 6.92 Å². The topological polar surface area (TPSA) is 32.3 Å². The molecule has 1 aliphatic heterocycles. The monoisotopic (exact) mass is 128 g/mol. The van der Waals surface area contributed by atoms with E-state index in [1.165, 1.54) is 0 Å². The highest BCUT2D eigenvalue weighted by molar-refractivity contribution is 5.79. The summed E-state index contributed by atoms with van der Waals surface area (Å²) < 4.78 is 0. The molecule has 0 aromatic rings. The molecule has 0 saturated carbocycles. The Labute approximate surface area is 55.0 Å². The molecule has 0 aromatic heterocycles. The fourth-order valence-electron chi connectivity index (χ4n) is 0.895. The number of carbonyl (C=O) groups excluding carboxylic acids is 1. The lowest BCUT2D eigenvalue weighted by Gasteiger charge is -2.29. The molecule has 1 atom stereocenters. The highest BCUT2D eigenvalue weighted by Gasteiger charge is 2.19. The van der Waals surface area contributed by atoms with Gasteiger partial charge in [-0.2, -0.15) is 0 Å². The molecule has 1 N–H and O–H groups in total. The van der Waals surface area contributed by atoms with Crippen molar-refractivity contribution in [3.8, 4) is 0 Å². The minimum atomic E-state index is 0.189. The SMILES string of the molecule is C[C@H]1CNCC(=O)N1C. The second kappa shape index (κ2) is 2.35. The van der Waals surface area contributed by atoms with Crippen molar-refractivity contribution in [1.82, 2.24) is 10.2 Å². The summed E-state index contributed by atoms with van der Waals surface area (Å²) in [6, 6.07) is 0.353. The van der Waals surface area contributed by atoms with Crippen LogP contribution in [0.15, 0.2) is 0 Å². The van der Waals surface area contributed by atoms with E-state index >= 15 is 0 Å². The van der Waals surface area contributed by atoms with Crippen molar-refractivity contribution in [2.45, 2.75) is 13.0 Å². The summed E-state index contributed by atoms with van der Waals surface area (Å²) in [6.45, 7) is 3.45. The number of hydrogen-bond acceptors (Lipinski definition) is 2. The van der Waals surface area contributed by atoms with Crippen LogP contribution in [0.4, 0.5) is 0 Å². The van der Waals surface area contributed by atoms with E-state index in [2.05, 4.69) is 5.32 Å². The Balaban J connectivity index is 2.51. The van der Waals surface area contributed by atoms with Crippen LogP contribution in [-0.2, 0) is 4.79 Å². The Morgan fingerprint density at radius 1 is 1.78 bits per heavy atom. The lowest BCUT2D eigenvalue weighted by Crippen LogP contribution is -2.51. The van der Waals surface area contributed by atoms with Gasteiger partial charge in [0.05, 0.1) is 6.54 Å². The van der Waals surface area contributed by atoms with Crippen molar-refractivity contribution >= 4 is 5.91 Å². The first-order valence-electron chi connectivity index (χ1n) is 3.18. The maximum Gasteiger partial charge on any atom is 0.236 e. The molecule has 0 unspecified atom stereocenters. The third-order valence-corrected chi connectivity index (χ3v) is 1.77. The Kier molecular flexibility index (Phi) is 1.71. The molecule has 3 heteroatoms. The number of likely N-dealkylation sites (N-methyl/N-ethyl adjacent to an activating group) is 1. The molecule has 0 aliphatic carbocycles. The van der Waals surface area contributed by atoms with Crippen LogP contribution < -0.4 is 5.32 Å². The molecule has 0 bridgehead atoms. The highest BCUT2D eigenvalue weighted by Crippen LogP contribution is 1.98. The van der Waals surface area contributed by atoms with Crippen LogP contribution in [0.3, 0.4) is 0 Å². The number of carbonyl (C=O) groups is 1. The lowest BCUT2D eigenvalue weighted by atomic mass is 10.2. The number of nitrogens with zero attached hydrogens (tertiary/aromatic N) is 1. The number of piperazine rings is 1. The molecular formula is C6H12N2O. The molecule has 1 aliphatic rings. The predicted molar refractivity (Wildman–Crippen MR) is 35.1 cm³/mol. The van der Waals surface area contributed by atoms with Crippen molar-refractivity contribution < 1.29 is 4.79 Å². The summed E-state index contributed by atoms with van der Waals surface area (Å²) in [5, 5.41) is 3.02. The average Bonchev–Trinajstić information content (AvgIpc) is 1.83. The normalized spacial score (nSPS) is 28.9. The number of rotatable bonds is 0. The first kappa shape index (κ1) is 6.55. The second-order valence-electron chi connectivity index (χ2n) is 2.48.